The first-order chi connectivity index (χ1) is 31.2. The molecule has 7 N–H and O–H groups in total. The maximum Gasteiger partial charge on any atom is 0.246 e. The van der Waals surface area contributed by atoms with Crippen LogP contribution in [0.5, 0.6) is 11.5 Å². The second-order valence-electron chi connectivity index (χ2n) is 16.4. The molecule has 13 heteroatoms. The van der Waals surface area contributed by atoms with E-state index in [4.69, 9.17) is 11.5 Å². The molecule has 5 amide bonds. The largest absolute Gasteiger partial charge is 0.504 e. The Morgan fingerprint density at radius 2 is 0.908 bits per heavy atom. The van der Waals surface area contributed by atoms with E-state index in [1.54, 1.807) is 0 Å². The third-order valence-corrected chi connectivity index (χ3v) is 11.9. The number of nitrogens with one attached hydrogen (secondary N) is 1. The van der Waals surface area contributed by atoms with Crippen LogP contribution in [0.15, 0.2) is 152 Å². The molecule has 6 rings (SSSR count). The zero-order valence-electron chi connectivity index (χ0n) is 36.8. The van der Waals surface area contributed by atoms with E-state index in [2.05, 4.69) is 5.32 Å². The van der Waals surface area contributed by atoms with Crippen molar-refractivity contribution in [3.63, 3.8) is 0 Å². The highest BCUT2D eigenvalue weighted by Gasteiger charge is 2.40. The lowest BCUT2D eigenvalue weighted by Crippen LogP contribution is -2.60. The molecular formula is C52H56N6O7. The molecule has 0 radical (unpaired) electrons. The van der Waals surface area contributed by atoms with Crippen molar-refractivity contribution in [3.05, 3.63) is 179 Å². The van der Waals surface area contributed by atoms with E-state index in [-0.39, 0.29) is 43.6 Å². The summed E-state index contributed by atoms with van der Waals surface area (Å²) in [6, 6.07) is 39.6. The molecule has 0 fully saturated rings. The number of aromatic hydroxyl groups is 2. The predicted molar refractivity (Wildman–Crippen MR) is 250 cm³/mol. The number of primary amides is 1. The van der Waals surface area contributed by atoms with Crippen molar-refractivity contribution >= 4 is 40.3 Å². The molecule has 0 aliphatic rings. The highest BCUT2D eigenvalue weighted by Crippen LogP contribution is 2.26. The molecule has 0 aliphatic heterocycles. The summed E-state index contributed by atoms with van der Waals surface area (Å²) in [6.45, 7) is 0. The Morgan fingerprint density at radius 3 is 1.42 bits per heavy atom. The number of hydrogen-bond donors (Lipinski definition) is 5. The van der Waals surface area contributed by atoms with Crippen LogP contribution >= 0.6 is 0 Å². The minimum absolute atomic E-state index is 0.0143. The van der Waals surface area contributed by atoms with Gasteiger partial charge in [0.15, 0.2) is 11.5 Å². The normalized spacial score (nSPS) is 13.4. The fourth-order valence-electron chi connectivity index (χ4n) is 8.02. The minimum Gasteiger partial charge on any atom is -0.504 e. The van der Waals surface area contributed by atoms with E-state index in [1.165, 1.54) is 54.0 Å². The summed E-state index contributed by atoms with van der Waals surface area (Å²) >= 11 is 0. The van der Waals surface area contributed by atoms with Crippen LogP contribution in [0, 0.1) is 0 Å². The van der Waals surface area contributed by atoms with Crippen molar-refractivity contribution in [2.24, 2.45) is 11.5 Å². The molecule has 336 valence electrons. The number of nitrogens with zero attached hydrogens (tertiary/aromatic N) is 3. The van der Waals surface area contributed by atoms with Crippen molar-refractivity contribution in [1.82, 2.24) is 20.0 Å². The van der Waals surface area contributed by atoms with Gasteiger partial charge < -0.3 is 41.7 Å². The Hall–Kier alpha value is -7.51. The minimum atomic E-state index is -1.20. The lowest BCUT2D eigenvalue weighted by molar-refractivity contribution is -0.152. The van der Waals surface area contributed by atoms with E-state index in [1.807, 2.05) is 133 Å². The monoisotopic (exact) mass is 876 g/mol. The highest BCUT2D eigenvalue weighted by atomic mass is 16.3. The third-order valence-electron chi connectivity index (χ3n) is 11.9. The van der Waals surface area contributed by atoms with Crippen LogP contribution in [0.25, 0.3) is 10.8 Å². The van der Waals surface area contributed by atoms with Gasteiger partial charge >= 0.3 is 0 Å². The van der Waals surface area contributed by atoms with Gasteiger partial charge in [-0.05, 0) is 57.1 Å². The summed E-state index contributed by atoms with van der Waals surface area (Å²) in [5.74, 6) is -3.68. The number of likely N-dealkylation sites (N-methyl/N-ethyl adjacent to an activating group) is 3. The summed E-state index contributed by atoms with van der Waals surface area (Å²) in [6.07, 6.45) is 0.347. The van der Waals surface area contributed by atoms with E-state index in [0.29, 0.717) is 5.56 Å². The number of rotatable bonds is 19. The van der Waals surface area contributed by atoms with Crippen molar-refractivity contribution < 1.29 is 34.2 Å². The van der Waals surface area contributed by atoms with Gasteiger partial charge in [0, 0.05) is 46.8 Å². The predicted octanol–water partition coefficient (Wildman–Crippen LogP) is 4.54. The first-order valence-corrected chi connectivity index (χ1v) is 21.5. The highest BCUT2D eigenvalue weighted by molar-refractivity contribution is 5.96. The van der Waals surface area contributed by atoms with Crippen LogP contribution in [-0.4, -0.2) is 106 Å². The van der Waals surface area contributed by atoms with Gasteiger partial charge in [-0.25, -0.2) is 0 Å². The Morgan fingerprint density at radius 1 is 0.477 bits per heavy atom. The van der Waals surface area contributed by atoms with Gasteiger partial charge in [0.2, 0.25) is 29.5 Å². The molecular weight excluding hydrogens is 821 g/mol. The van der Waals surface area contributed by atoms with Crippen molar-refractivity contribution in [3.8, 4) is 11.5 Å². The molecule has 0 aliphatic carbocycles. The molecule has 13 nitrogen and oxygen atoms in total. The molecule has 0 heterocycles. The van der Waals surface area contributed by atoms with E-state index < -0.39 is 59.7 Å². The number of amides is 5. The number of fused-ring (bicyclic) bond motifs is 1. The van der Waals surface area contributed by atoms with Crippen LogP contribution in [0.1, 0.15) is 27.8 Å². The molecule has 0 saturated carbocycles. The summed E-state index contributed by atoms with van der Waals surface area (Å²) < 4.78 is 0. The van der Waals surface area contributed by atoms with Crippen LogP contribution in [0.4, 0.5) is 0 Å². The average Bonchev–Trinajstić information content (AvgIpc) is 3.32. The van der Waals surface area contributed by atoms with Crippen LogP contribution < -0.4 is 16.8 Å². The molecule has 0 aromatic heterocycles. The second kappa shape index (κ2) is 21.7. The van der Waals surface area contributed by atoms with Gasteiger partial charge in [-0.1, -0.05) is 140 Å². The van der Waals surface area contributed by atoms with Gasteiger partial charge in [0.25, 0.3) is 0 Å². The van der Waals surface area contributed by atoms with Gasteiger partial charge in [0.1, 0.15) is 24.2 Å². The number of carbonyl (C=O) groups is 5. The maximum absolute atomic E-state index is 15.2. The molecule has 65 heavy (non-hydrogen) atoms. The van der Waals surface area contributed by atoms with Crippen molar-refractivity contribution in [2.75, 3.05) is 21.1 Å². The SMILES string of the molecule is CN(C(=O)[C@H](Cc1ccc2ccccc2c1)NC(=O)[C@@H](N)Cc1ccc(O)c(O)c1)[C@@H](Cc1ccccc1)C(=O)N(C)[C@@H](Cc1ccccc1)C(=O)N(C)[C@@H](Cc1ccccc1)C(N)=O. The first kappa shape index (κ1) is 47.0. The Bertz CT molecular complexity index is 2590. The third kappa shape index (κ3) is 12.2. The van der Waals surface area contributed by atoms with Gasteiger partial charge in [-0.2, -0.15) is 0 Å². The van der Waals surface area contributed by atoms with Crippen LogP contribution in [-0.2, 0) is 56.1 Å². The standard InChI is InChI=1S/C52H56N6O7/c1-56(43(48(54)61)30-34-15-7-4-8-16-34)51(64)45(32-36-19-11-6-12-20-36)58(3)52(65)44(31-35-17-9-5-10-18-35)57(2)50(63)42(29-37-23-25-39-21-13-14-22-40(39)27-37)55-49(62)41(53)28-38-24-26-46(59)47(60)33-38/h4-27,33,41-45,59-60H,28-32,53H2,1-3H3,(H2,54,61)(H,55,62)/t41-,42-,43-,44-,45-/m0/s1. The lowest BCUT2D eigenvalue weighted by atomic mass is 9.97. The van der Waals surface area contributed by atoms with E-state index in [0.717, 1.165) is 33.0 Å². The molecule has 0 unspecified atom stereocenters. The first-order valence-electron chi connectivity index (χ1n) is 21.5. The zero-order chi connectivity index (χ0) is 46.6. The molecule has 5 atom stereocenters. The van der Waals surface area contributed by atoms with Gasteiger partial charge in [-0.3, -0.25) is 24.0 Å². The number of carbonyl (C=O) groups excluding carboxylic acids is 5. The van der Waals surface area contributed by atoms with Gasteiger partial charge in [-0.15, -0.1) is 0 Å². The second-order valence-corrected chi connectivity index (χ2v) is 16.4. The lowest BCUT2D eigenvalue weighted by Gasteiger charge is -2.38. The van der Waals surface area contributed by atoms with E-state index >= 15 is 9.59 Å². The Labute approximate surface area is 379 Å². The zero-order valence-corrected chi connectivity index (χ0v) is 36.8. The quantitative estimate of drug-likeness (QED) is 0.0731. The smallest absolute Gasteiger partial charge is 0.246 e. The van der Waals surface area contributed by atoms with Crippen LogP contribution in [0.3, 0.4) is 0 Å². The molecule has 0 spiro atoms. The number of phenols is 2. The Balaban J connectivity index is 1.34. The van der Waals surface area contributed by atoms with E-state index in [9.17, 15) is 24.6 Å². The van der Waals surface area contributed by atoms with Gasteiger partial charge in [0.05, 0.1) is 6.04 Å². The average molecular weight is 877 g/mol. The number of benzene rings is 6. The van der Waals surface area contributed by atoms with Crippen molar-refractivity contribution in [1.29, 1.82) is 0 Å². The molecule has 6 aromatic carbocycles. The fourth-order valence-corrected chi connectivity index (χ4v) is 8.02. The number of hydrogen-bond acceptors (Lipinski definition) is 8. The fraction of sp³-hybridized carbons (Fsp3) is 0.250. The molecule has 0 saturated heterocycles. The summed E-state index contributed by atoms with van der Waals surface area (Å²) in [5.41, 5.74) is 15.9. The summed E-state index contributed by atoms with van der Waals surface area (Å²) in [4.78, 5) is 75.7. The number of nitrogens with two attached hydrogens (primary N) is 2. The summed E-state index contributed by atoms with van der Waals surface area (Å²) in [7, 11) is 4.52. The topological polar surface area (TPSA) is 200 Å². The number of phenolic OH excluding ortho intramolecular Hbond substituents is 2. The summed E-state index contributed by atoms with van der Waals surface area (Å²) in [5, 5.41) is 24.7. The molecule has 0 bridgehead atoms. The van der Waals surface area contributed by atoms with Crippen LogP contribution in [0.2, 0.25) is 0 Å². The van der Waals surface area contributed by atoms with Crippen molar-refractivity contribution in [2.45, 2.75) is 62.3 Å². The maximum atomic E-state index is 15.2. The Kier molecular flexibility index (Phi) is 15.7. The molecule has 6 aromatic rings.